The van der Waals surface area contributed by atoms with Gasteiger partial charge in [-0.2, -0.15) is 5.10 Å². The number of anilines is 1. The Balaban J connectivity index is 1.53. The van der Waals surface area contributed by atoms with Crippen molar-refractivity contribution in [3.63, 3.8) is 0 Å². The van der Waals surface area contributed by atoms with E-state index in [4.69, 9.17) is 0 Å². The third-order valence-electron chi connectivity index (χ3n) is 5.12. The number of aromatic nitrogens is 2. The number of benzene rings is 2. The standard InChI is InChI=1S/C22H23FN4OS/c1-16-15-20(27(24-16)18-8-4-3-7-17(18)23)22(28)26-13-11-25(12-14-26)19-9-5-6-10-21(19)29-2/h3-10,15H,11-14H2,1-2H3. The van der Waals surface area contributed by atoms with E-state index in [0.29, 0.717) is 24.5 Å². The molecule has 0 radical (unpaired) electrons. The first-order chi connectivity index (χ1) is 14.1. The van der Waals surface area contributed by atoms with Gasteiger partial charge in [0.2, 0.25) is 0 Å². The number of aryl methyl sites for hydroxylation is 1. The van der Waals surface area contributed by atoms with Gasteiger partial charge in [0, 0.05) is 31.1 Å². The predicted molar refractivity (Wildman–Crippen MR) is 115 cm³/mol. The van der Waals surface area contributed by atoms with Crippen LogP contribution in [0.1, 0.15) is 16.2 Å². The molecule has 1 aliphatic rings. The molecule has 1 aliphatic heterocycles. The van der Waals surface area contributed by atoms with Crippen LogP contribution in [0.2, 0.25) is 0 Å². The summed E-state index contributed by atoms with van der Waals surface area (Å²) < 4.78 is 15.7. The lowest BCUT2D eigenvalue weighted by atomic mass is 10.2. The van der Waals surface area contributed by atoms with Crippen molar-refractivity contribution in [3.8, 4) is 5.69 Å². The zero-order valence-corrected chi connectivity index (χ0v) is 17.3. The smallest absolute Gasteiger partial charge is 0.272 e. The molecule has 0 bridgehead atoms. The van der Waals surface area contributed by atoms with E-state index in [1.807, 2.05) is 24.0 Å². The van der Waals surface area contributed by atoms with Crippen LogP contribution in [-0.2, 0) is 0 Å². The van der Waals surface area contributed by atoms with Crippen molar-refractivity contribution in [2.45, 2.75) is 11.8 Å². The maximum atomic E-state index is 14.3. The molecule has 4 rings (SSSR count). The highest BCUT2D eigenvalue weighted by atomic mass is 32.2. The Morgan fingerprint density at radius 2 is 1.66 bits per heavy atom. The minimum absolute atomic E-state index is 0.119. The Morgan fingerprint density at radius 1 is 1.00 bits per heavy atom. The van der Waals surface area contributed by atoms with Crippen molar-refractivity contribution in [2.75, 3.05) is 37.3 Å². The zero-order chi connectivity index (χ0) is 20.4. The van der Waals surface area contributed by atoms with Gasteiger partial charge in [-0.15, -0.1) is 11.8 Å². The van der Waals surface area contributed by atoms with Gasteiger partial charge in [-0.3, -0.25) is 4.79 Å². The van der Waals surface area contributed by atoms with Crippen LogP contribution < -0.4 is 4.90 Å². The summed E-state index contributed by atoms with van der Waals surface area (Å²) in [7, 11) is 0. The van der Waals surface area contributed by atoms with Gasteiger partial charge in [-0.1, -0.05) is 24.3 Å². The van der Waals surface area contributed by atoms with Crippen molar-refractivity contribution in [1.29, 1.82) is 0 Å². The Kier molecular flexibility index (Phi) is 5.58. The minimum Gasteiger partial charge on any atom is -0.367 e. The van der Waals surface area contributed by atoms with Crippen LogP contribution in [0.15, 0.2) is 59.5 Å². The molecule has 1 aromatic heterocycles. The van der Waals surface area contributed by atoms with Gasteiger partial charge in [-0.25, -0.2) is 9.07 Å². The number of hydrogen-bond donors (Lipinski definition) is 0. The summed E-state index contributed by atoms with van der Waals surface area (Å²) in [5, 5.41) is 4.36. The van der Waals surface area contributed by atoms with Crippen molar-refractivity contribution < 1.29 is 9.18 Å². The molecule has 5 nitrogen and oxygen atoms in total. The average molecular weight is 411 g/mol. The lowest BCUT2D eigenvalue weighted by molar-refractivity contribution is 0.0737. The van der Waals surface area contributed by atoms with Crippen LogP contribution in [0, 0.1) is 12.7 Å². The third-order valence-corrected chi connectivity index (χ3v) is 5.91. The highest BCUT2D eigenvalue weighted by Crippen LogP contribution is 2.29. The van der Waals surface area contributed by atoms with Gasteiger partial charge in [-0.05, 0) is 43.5 Å². The van der Waals surface area contributed by atoms with Crippen LogP contribution in [0.3, 0.4) is 0 Å². The number of rotatable bonds is 4. The van der Waals surface area contributed by atoms with E-state index in [1.54, 1.807) is 36.0 Å². The van der Waals surface area contributed by atoms with E-state index in [1.165, 1.54) is 21.3 Å². The molecule has 0 spiro atoms. The number of hydrogen-bond acceptors (Lipinski definition) is 4. The third kappa shape index (κ3) is 3.87. The van der Waals surface area contributed by atoms with Crippen molar-refractivity contribution >= 4 is 23.4 Å². The monoisotopic (exact) mass is 410 g/mol. The lowest BCUT2D eigenvalue weighted by Gasteiger charge is -2.36. The van der Waals surface area contributed by atoms with E-state index in [2.05, 4.69) is 28.4 Å². The fraction of sp³-hybridized carbons (Fsp3) is 0.273. The first-order valence-electron chi connectivity index (χ1n) is 9.57. The molecule has 3 aromatic rings. The Bertz CT molecular complexity index is 1030. The Morgan fingerprint density at radius 3 is 2.34 bits per heavy atom. The topological polar surface area (TPSA) is 41.4 Å². The summed E-state index contributed by atoms with van der Waals surface area (Å²) in [5.74, 6) is -0.519. The van der Waals surface area contributed by atoms with Gasteiger partial charge in [0.1, 0.15) is 17.2 Å². The van der Waals surface area contributed by atoms with Crippen molar-refractivity contribution in [2.24, 2.45) is 0 Å². The van der Waals surface area contributed by atoms with E-state index in [-0.39, 0.29) is 11.6 Å². The summed E-state index contributed by atoms with van der Waals surface area (Å²) >= 11 is 1.73. The highest BCUT2D eigenvalue weighted by Gasteiger charge is 2.26. The largest absolute Gasteiger partial charge is 0.367 e. The maximum absolute atomic E-state index is 14.3. The molecule has 0 unspecified atom stereocenters. The summed E-state index contributed by atoms with van der Waals surface area (Å²) in [6.07, 6.45) is 2.07. The number of piperazine rings is 1. The molecular weight excluding hydrogens is 387 g/mol. The number of nitrogens with zero attached hydrogens (tertiary/aromatic N) is 4. The number of para-hydroxylation sites is 2. The van der Waals surface area contributed by atoms with E-state index >= 15 is 0 Å². The number of amides is 1. The van der Waals surface area contributed by atoms with Crippen LogP contribution >= 0.6 is 11.8 Å². The average Bonchev–Trinajstić information content (AvgIpc) is 3.15. The molecule has 2 heterocycles. The summed E-state index contributed by atoms with van der Waals surface area (Å²) in [5.41, 5.74) is 2.57. The Labute approximate surface area is 174 Å². The normalized spacial score (nSPS) is 14.3. The molecule has 2 aromatic carbocycles. The van der Waals surface area contributed by atoms with Crippen LogP contribution in [0.5, 0.6) is 0 Å². The van der Waals surface area contributed by atoms with E-state index < -0.39 is 5.82 Å². The van der Waals surface area contributed by atoms with Gasteiger partial charge >= 0.3 is 0 Å². The second kappa shape index (κ2) is 8.29. The van der Waals surface area contributed by atoms with Crippen LogP contribution in [0.25, 0.3) is 5.69 Å². The van der Waals surface area contributed by atoms with Gasteiger partial charge in [0.05, 0.1) is 11.4 Å². The molecule has 150 valence electrons. The first kappa shape index (κ1) is 19.5. The molecule has 0 saturated carbocycles. The molecular formula is C22H23FN4OS. The molecule has 0 aliphatic carbocycles. The quantitative estimate of drug-likeness (QED) is 0.610. The lowest BCUT2D eigenvalue weighted by Crippen LogP contribution is -2.49. The van der Waals surface area contributed by atoms with E-state index in [9.17, 15) is 9.18 Å². The molecule has 1 amide bonds. The zero-order valence-electron chi connectivity index (χ0n) is 16.5. The number of thioether (sulfide) groups is 1. The molecule has 1 saturated heterocycles. The second-order valence-electron chi connectivity index (χ2n) is 6.99. The predicted octanol–water partition coefficient (Wildman–Crippen LogP) is 4.00. The second-order valence-corrected chi connectivity index (χ2v) is 7.83. The fourth-order valence-corrected chi connectivity index (χ4v) is 4.28. The van der Waals surface area contributed by atoms with Gasteiger partial charge < -0.3 is 9.80 Å². The number of carbonyl (C=O) groups excluding carboxylic acids is 1. The Hall–Kier alpha value is -2.80. The number of halogens is 1. The fourth-order valence-electron chi connectivity index (χ4n) is 3.66. The van der Waals surface area contributed by atoms with Crippen LogP contribution in [-0.4, -0.2) is 53.0 Å². The SMILES string of the molecule is CSc1ccccc1N1CCN(C(=O)c2cc(C)nn2-c2ccccc2F)CC1. The van der Waals surface area contributed by atoms with Crippen molar-refractivity contribution in [1.82, 2.24) is 14.7 Å². The highest BCUT2D eigenvalue weighted by molar-refractivity contribution is 7.98. The maximum Gasteiger partial charge on any atom is 0.272 e. The van der Waals surface area contributed by atoms with Gasteiger partial charge in [0.15, 0.2) is 0 Å². The molecule has 0 N–H and O–H groups in total. The van der Waals surface area contributed by atoms with Crippen LogP contribution in [0.4, 0.5) is 10.1 Å². The van der Waals surface area contributed by atoms with Crippen molar-refractivity contribution in [3.05, 3.63) is 71.8 Å². The molecule has 0 atom stereocenters. The number of carbonyl (C=O) groups is 1. The molecule has 29 heavy (non-hydrogen) atoms. The molecule has 7 heteroatoms. The minimum atomic E-state index is -0.400. The van der Waals surface area contributed by atoms with Gasteiger partial charge in [0.25, 0.3) is 5.91 Å². The van der Waals surface area contributed by atoms with E-state index in [0.717, 1.165) is 13.1 Å². The summed E-state index contributed by atoms with van der Waals surface area (Å²) in [6.45, 7) is 4.56. The first-order valence-corrected chi connectivity index (χ1v) is 10.8. The molecule has 1 fully saturated rings. The summed E-state index contributed by atoms with van der Waals surface area (Å²) in [4.78, 5) is 18.6. The summed E-state index contributed by atoms with van der Waals surface area (Å²) in [6, 6.07) is 16.4.